The molecule has 53 heavy (non-hydrogen) atoms. The summed E-state index contributed by atoms with van der Waals surface area (Å²) in [6.45, 7) is 36.1. The van der Waals surface area contributed by atoms with Gasteiger partial charge in [-0.2, -0.15) is 0 Å². The Bertz CT molecular complexity index is 1390. The fourth-order valence-electron chi connectivity index (χ4n) is 6.96. The van der Waals surface area contributed by atoms with Crippen LogP contribution in [0.2, 0.25) is 0 Å². The van der Waals surface area contributed by atoms with Gasteiger partial charge in [0.1, 0.15) is 11.5 Å². The minimum Gasteiger partial charge on any atom is -0.417 e. The normalized spacial score (nSPS) is 14.2. The second kappa shape index (κ2) is 18.7. The zero-order valence-corrected chi connectivity index (χ0v) is 37.7. The topological polar surface area (TPSA) is 149 Å². The quantitative estimate of drug-likeness (QED) is 0.103. The summed E-state index contributed by atoms with van der Waals surface area (Å²) in [5.74, 6) is 1.32. The average molecular weight is 785 g/mol. The van der Waals surface area contributed by atoms with E-state index < -0.39 is 49.0 Å². The number of hydrogen-bond acceptors (Lipinski definition) is 9. The Morgan fingerprint density at radius 3 is 1.30 bits per heavy atom. The summed E-state index contributed by atoms with van der Waals surface area (Å²) in [7, 11) is -4.95. The van der Waals surface area contributed by atoms with Crippen molar-refractivity contribution in [1.29, 1.82) is 0 Å². The van der Waals surface area contributed by atoms with Gasteiger partial charge in [0.05, 0.1) is 31.8 Å². The molecule has 2 aromatic rings. The van der Waals surface area contributed by atoms with Gasteiger partial charge in [-0.15, -0.1) is 0 Å². The van der Waals surface area contributed by atoms with Crippen molar-refractivity contribution < 1.29 is 43.6 Å². The summed E-state index contributed by atoms with van der Waals surface area (Å²) in [5.41, 5.74) is 3.86. The number of hydrogen-bond donors (Lipinski definition) is 6. The summed E-state index contributed by atoms with van der Waals surface area (Å²) in [6.07, 6.45) is 1.95. The maximum absolute atomic E-state index is 10.1. The first-order valence-corrected chi connectivity index (χ1v) is 20.8. The monoisotopic (exact) mass is 784 g/mol. The van der Waals surface area contributed by atoms with Gasteiger partial charge in [-0.1, -0.05) is 141 Å². The molecule has 0 radical (unpaired) electrons. The molecule has 0 saturated carbocycles. The fraction of sp³-hybridized carbons (Fsp3) is 0.714. The molecule has 0 aliphatic heterocycles. The van der Waals surface area contributed by atoms with Gasteiger partial charge >= 0.3 is 17.2 Å². The summed E-state index contributed by atoms with van der Waals surface area (Å²) in [6, 6.07) is 10.7. The molecule has 1 atom stereocenters. The van der Waals surface area contributed by atoms with Crippen LogP contribution in [-0.2, 0) is 26.0 Å². The SMILES string of the molecule is Cc1cc(C(C)(C)C)c(OP(Oc2ccc(C(C)(C)CC(C)(C)C)cc2C(C)(C)CC(C)(C)C)OP(O)O)c(C(C)(C)C)c1.OCC(CO)(CO)CO. The van der Waals surface area contributed by atoms with E-state index in [1.54, 1.807) is 0 Å². The van der Waals surface area contributed by atoms with Gasteiger partial charge in [0.15, 0.2) is 0 Å². The van der Waals surface area contributed by atoms with Crippen molar-refractivity contribution in [1.82, 2.24) is 0 Å². The van der Waals surface area contributed by atoms with Gasteiger partial charge in [-0.25, -0.2) is 4.31 Å². The molecule has 0 spiro atoms. The van der Waals surface area contributed by atoms with Crippen LogP contribution < -0.4 is 9.05 Å². The number of aryl methyl sites for hydroxylation is 1. The van der Waals surface area contributed by atoms with E-state index in [9.17, 15) is 9.79 Å². The first-order valence-electron chi connectivity index (χ1n) is 18.5. The van der Waals surface area contributed by atoms with Gasteiger partial charge in [-0.3, -0.25) is 0 Å². The second-order valence-corrected chi connectivity index (χ2v) is 22.5. The maximum Gasteiger partial charge on any atom is 0.470 e. The van der Waals surface area contributed by atoms with E-state index in [1.165, 1.54) is 5.56 Å². The van der Waals surface area contributed by atoms with Crippen molar-refractivity contribution >= 4 is 17.2 Å². The molecule has 0 amide bonds. The minimum atomic E-state index is -2.74. The van der Waals surface area contributed by atoms with Crippen molar-refractivity contribution in [3.63, 3.8) is 0 Å². The van der Waals surface area contributed by atoms with Crippen LogP contribution in [0.3, 0.4) is 0 Å². The molecule has 0 saturated heterocycles. The highest BCUT2D eigenvalue weighted by atomic mass is 31.2. The van der Waals surface area contributed by atoms with E-state index in [1.807, 2.05) is 6.07 Å². The largest absolute Gasteiger partial charge is 0.470 e. The molecule has 11 heteroatoms. The zero-order valence-electron chi connectivity index (χ0n) is 35.9. The Balaban J connectivity index is 0.00000137. The number of aliphatic hydroxyl groups is 4. The molecular weight excluding hydrogens is 710 g/mol. The van der Waals surface area contributed by atoms with Crippen molar-refractivity contribution in [2.45, 2.75) is 152 Å². The Morgan fingerprint density at radius 1 is 0.547 bits per heavy atom. The third-order valence-corrected chi connectivity index (χ3v) is 10.9. The first-order chi connectivity index (χ1) is 23.8. The number of aliphatic hydroxyl groups excluding tert-OH is 4. The molecule has 9 nitrogen and oxygen atoms in total. The zero-order chi connectivity index (χ0) is 41.6. The van der Waals surface area contributed by atoms with E-state index in [0.29, 0.717) is 11.5 Å². The van der Waals surface area contributed by atoms with E-state index >= 15 is 0 Å². The van der Waals surface area contributed by atoms with Gasteiger partial charge in [0, 0.05) is 16.7 Å². The van der Waals surface area contributed by atoms with Crippen molar-refractivity contribution in [2.75, 3.05) is 26.4 Å². The van der Waals surface area contributed by atoms with Crippen LogP contribution in [-0.4, -0.2) is 56.6 Å². The fourth-order valence-corrected chi connectivity index (χ4v) is 8.41. The minimum absolute atomic E-state index is 0.0588. The van der Waals surface area contributed by atoms with E-state index in [0.717, 1.165) is 35.1 Å². The van der Waals surface area contributed by atoms with Crippen LogP contribution in [0, 0.1) is 23.2 Å². The number of rotatable bonds is 14. The predicted molar refractivity (Wildman–Crippen MR) is 221 cm³/mol. The molecule has 306 valence electrons. The van der Waals surface area contributed by atoms with Crippen LogP contribution in [0.15, 0.2) is 30.3 Å². The van der Waals surface area contributed by atoms with E-state index in [4.69, 9.17) is 33.8 Å². The summed E-state index contributed by atoms with van der Waals surface area (Å²) >= 11 is 0. The molecular formula is C42H74O9P2. The Hall–Kier alpha value is -1.38. The lowest BCUT2D eigenvalue weighted by atomic mass is 9.68. The average Bonchev–Trinajstić information content (AvgIpc) is 2.96. The van der Waals surface area contributed by atoms with E-state index in [-0.39, 0.29) is 32.5 Å². The lowest BCUT2D eigenvalue weighted by molar-refractivity contribution is -0.0328. The lowest BCUT2D eigenvalue weighted by Gasteiger charge is -2.37. The van der Waals surface area contributed by atoms with Crippen LogP contribution in [0.4, 0.5) is 0 Å². The summed E-state index contributed by atoms with van der Waals surface area (Å²) in [5, 5.41) is 34.0. The summed E-state index contributed by atoms with van der Waals surface area (Å²) in [4.78, 5) is 20.2. The van der Waals surface area contributed by atoms with Gasteiger partial charge < -0.3 is 39.3 Å². The molecule has 1 unspecified atom stereocenters. The smallest absolute Gasteiger partial charge is 0.417 e. The third-order valence-electron chi connectivity index (χ3n) is 9.10. The Morgan fingerprint density at radius 2 is 0.962 bits per heavy atom. The second-order valence-electron chi connectivity index (χ2n) is 20.5. The highest BCUT2D eigenvalue weighted by Crippen LogP contribution is 2.55. The van der Waals surface area contributed by atoms with Crippen LogP contribution in [0.1, 0.15) is 151 Å². The molecule has 0 aliphatic carbocycles. The standard InChI is InChI=1S/C37H62O5P2.C5H12O4/c1-25-20-28(34(8,9)10)31(29(21-25)35(11,12)13)41-44(42-43(38)39)40-30-19-18-26(36(14,15)23-32(2,3)4)22-27(30)37(16,17)24-33(5,6)7;6-1-5(2-7,3-8)4-9/h18-22,38-39H,23-24H2,1-17H3;6-9H,1-4H2. The van der Waals surface area contributed by atoms with Crippen molar-refractivity contribution in [3.8, 4) is 11.5 Å². The Kier molecular flexibility index (Phi) is 17.5. The molecule has 0 aromatic heterocycles. The van der Waals surface area contributed by atoms with Crippen molar-refractivity contribution in [3.05, 3.63) is 58.1 Å². The highest BCUT2D eigenvalue weighted by molar-refractivity contribution is 7.55. The van der Waals surface area contributed by atoms with Gasteiger partial charge in [-0.05, 0) is 63.9 Å². The third kappa shape index (κ3) is 15.6. The maximum atomic E-state index is 10.1. The molecule has 0 aliphatic rings. The highest BCUT2D eigenvalue weighted by Gasteiger charge is 2.37. The lowest BCUT2D eigenvalue weighted by Crippen LogP contribution is -2.37. The molecule has 0 bridgehead atoms. The van der Waals surface area contributed by atoms with Crippen LogP contribution in [0.25, 0.3) is 0 Å². The molecule has 0 fully saturated rings. The first kappa shape index (κ1) is 49.6. The predicted octanol–water partition coefficient (Wildman–Crippen LogP) is 9.87. The van der Waals surface area contributed by atoms with Gasteiger partial charge in [0.2, 0.25) is 0 Å². The van der Waals surface area contributed by atoms with E-state index in [2.05, 4.69) is 142 Å². The van der Waals surface area contributed by atoms with Gasteiger partial charge in [0.25, 0.3) is 0 Å². The van der Waals surface area contributed by atoms with Crippen LogP contribution >= 0.6 is 17.2 Å². The number of benzene rings is 2. The Labute approximate surface area is 324 Å². The van der Waals surface area contributed by atoms with Crippen LogP contribution in [0.5, 0.6) is 11.5 Å². The molecule has 2 rings (SSSR count). The van der Waals surface area contributed by atoms with Crippen molar-refractivity contribution in [2.24, 2.45) is 16.2 Å². The molecule has 6 N–H and O–H groups in total. The summed E-state index contributed by atoms with van der Waals surface area (Å²) < 4.78 is 18.9. The molecule has 0 heterocycles. The molecule has 2 aromatic carbocycles.